The van der Waals surface area contributed by atoms with Gasteiger partial charge in [-0.05, 0) is 19.8 Å². The zero-order valence-electron chi connectivity index (χ0n) is 11.4. The summed E-state index contributed by atoms with van der Waals surface area (Å²) >= 11 is 0. The lowest BCUT2D eigenvalue weighted by Crippen LogP contribution is -2.55. The van der Waals surface area contributed by atoms with E-state index in [9.17, 15) is 4.79 Å². The van der Waals surface area contributed by atoms with Gasteiger partial charge in [0, 0.05) is 45.3 Å². The third-order valence-corrected chi connectivity index (χ3v) is 3.91. The summed E-state index contributed by atoms with van der Waals surface area (Å²) < 4.78 is 0. The van der Waals surface area contributed by atoms with Crippen LogP contribution in [-0.2, 0) is 4.79 Å². The minimum atomic E-state index is 0.320. The van der Waals surface area contributed by atoms with Gasteiger partial charge >= 0.3 is 0 Å². The number of piperazine rings is 1. The van der Waals surface area contributed by atoms with Gasteiger partial charge in [-0.2, -0.15) is 0 Å². The van der Waals surface area contributed by atoms with E-state index in [4.69, 9.17) is 0 Å². The Kier molecular flexibility index (Phi) is 4.05. The summed E-state index contributed by atoms with van der Waals surface area (Å²) in [7, 11) is 0. The zero-order chi connectivity index (χ0) is 12.4. The van der Waals surface area contributed by atoms with Crippen LogP contribution in [0.15, 0.2) is 0 Å². The van der Waals surface area contributed by atoms with Crippen molar-refractivity contribution in [1.29, 1.82) is 0 Å². The van der Waals surface area contributed by atoms with Crippen LogP contribution in [0, 0.1) is 5.92 Å². The molecule has 0 unspecified atom stereocenters. The molecule has 0 aromatic heterocycles. The maximum absolute atomic E-state index is 11.9. The lowest BCUT2D eigenvalue weighted by atomic mass is 10.0. The normalized spacial score (nSPS) is 24.1. The molecule has 0 bridgehead atoms. The minimum absolute atomic E-state index is 0.320. The molecule has 4 heteroatoms. The lowest BCUT2D eigenvalue weighted by Gasteiger charge is -2.40. The van der Waals surface area contributed by atoms with Crippen LogP contribution in [0.25, 0.3) is 0 Å². The Balaban J connectivity index is 1.69. The zero-order valence-corrected chi connectivity index (χ0v) is 11.4. The van der Waals surface area contributed by atoms with Crippen molar-refractivity contribution in [2.75, 3.05) is 45.8 Å². The second-order valence-corrected chi connectivity index (χ2v) is 5.81. The van der Waals surface area contributed by atoms with Crippen molar-refractivity contribution in [3.63, 3.8) is 0 Å². The summed E-state index contributed by atoms with van der Waals surface area (Å²) in [5.74, 6) is 1.03. The smallest absolute Gasteiger partial charge is 0.236 e. The Morgan fingerprint density at radius 1 is 1.18 bits per heavy atom. The van der Waals surface area contributed by atoms with Crippen molar-refractivity contribution in [3.8, 4) is 0 Å². The van der Waals surface area contributed by atoms with Crippen LogP contribution in [0.3, 0.4) is 0 Å². The van der Waals surface area contributed by atoms with Crippen LogP contribution in [0.5, 0.6) is 0 Å². The highest BCUT2D eigenvalue weighted by Crippen LogP contribution is 2.15. The molecule has 1 amide bonds. The summed E-state index contributed by atoms with van der Waals surface area (Å²) in [6.45, 7) is 13.5. The molecule has 2 aliphatic heterocycles. The molecular weight excluding hydrogens is 214 g/mol. The van der Waals surface area contributed by atoms with Crippen LogP contribution in [0.4, 0.5) is 0 Å². The first-order valence-corrected chi connectivity index (χ1v) is 6.80. The van der Waals surface area contributed by atoms with E-state index < -0.39 is 0 Å². The Morgan fingerprint density at radius 3 is 2.24 bits per heavy atom. The van der Waals surface area contributed by atoms with Crippen molar-refractivity contribution in [2.24, 2.45) is 5.92 Å². The van der Waals surface area contributed by atoms with Crippen molar-refractivity contribution in [2.45, 2.75) is 26.8 Å². The molecule has 2 aliphatic rings. The molecule has 0 aromatic carbocycles. The van der Waals surface area contributed by atoms with E-state index in [1.807, 2.05) is 4.90 Å². The maximum Gasteiger partial charge on any atom is 0.236 e. The predicted molar refractivity (Wildman–Crippen MR) is 68.9 cm³/mol. The van der Waals surface area contributed by atoms with E-state index in [0.717, 1.165) is 39.3 Å². The highest BCUT2D eigenvalue weighted by molar-refractivity contribution is 5.79. The summed E-state index contributed by atoms with van der Waals surface area (Å²) in [6, 6.07) is 0.629. The van der Waals surface area contributed by atoms with Crippen molar-refractivity contribution in [3.05, 3.63) is 0 Å². The maximum atomic E-state index is 11.9. The van der Waals surface area contributed by atoms with E-state index in [1.54, 1.807) is 0 Å². The lowest BCUT2D eigenvalue weighted by molar-refractivity contribution is -0.138. The van der Waals surface area contributed by atoms with Gasteiger partial charge < -0.3 is 4.90 Å². The number of carbonyl (C=O) groups is 1. The molecule has 2 rings (SSSR count). The molecule has 0 spiro atoms. The molecule has 0 aromatic rings. The van der Waals surface area contributed by atoms with Crippen molar-refractivity contribution >= 4 is 5.91 Å². The molecule has 0 saturated carbocycles. The summed E-state index contributed by atoms with van der Waals surface area (Å²) in [5, 5.41) is 0. The molecule has 0 N–H and O–H groups in total. The van der Waals surface area contributed by atoms with Crippen LogP contribution < -0.4 is 0 Å². The molecular formula is C13H25N3O. The van der Waals surface area contributed by atoms with Gasteiger partial charge in [-0.3, -0.25) is 14.6 Å². The van der Waals surface area contributed by atoms with Gasteiger partial charge in [0.15, 0.2) is 0 Å². The van der Waals surface area contributed by atoms with Gasteiger partial charge in [0.1, 0.15) is 0 Å². The van der Waals surface area contributed by atoms with E-state index >= 15 is 0 Å². The Morgan fingerprint density at radius 2 is 1.76 bits per heavy atom. The summed E-state index contributed by atoms with van der Waals surface area (Å²) in [6.07, 6.45) is 0. The minimum Gasteiger partial charge on any atom is -0.341 e. The number of likely N-dealkylation sites (tertiary alicyclic amines) is 1. The number of hydrogen-bond acceptors (Lipinski definition) is 3. The van der Waals surface area contributed by atoms with Crippen LogP contribution in [0.1, 0.15) is 20.8 Å². The molecule has 0 atom stereocenters. The molecule has 2 heterocycles. The third-order valence-electron chi connectivity index (χ3n) is 3.91. The standard InChI is InChI=1S/C13H25N3O/c1-11(2)15-6-4-14(5-7-15)10-13(17)16-8-12(3)9-16/h11-12H,4-10H2,1-3H3. The topological polar surface area (TPSA) is 26.8 Å². The quantitative estimate of drug-likeness (QED) is 0.717. The van der Waals surface area contributed by atoms with Gasteiger partial charge in [0.25, 0.3) is 0 Å². The highest BCUT2D eigenvalue weighted by atomic mass is 16.2. The number of nitrogens with zero attached hydrogens (tertiary/aromatic N) is 3. The largest absolute Gasteiger partial charge is 0.341 e. The van der Waals surface area contributed by atoms with Crippen LogP contribution in [0.2, 0.25) is 0 Å². The second kappa shape index (κ2) is 5.36. The summed E-state index contributed by atoms with van der Waals surface area (Å²) in [4.78, 5) is 18.7. The van der Waals surface area contributed by atoms with Gasteiger partial charge in [0.05, 0.1) is 6.54 Å². The Bertz CT molecular complexity index is 266. The molecule has 17 heavy (non-hydrogen) atoms. The molecule has 98 valence electrons. The molecule has 0 aliphatic carbocycles. The second-order valence-electron chi connectivity index (χ2n) is 5.81. The first-order chi connectivity index (χ1) is 8.06. The van der Waals surface area contributed by atoms with E-state index in [-0.39, 0.29) is 0 Å². The number of amides is 1. The fraction of sp³-hybridized carbons (Fsp3) is 0.923. The van der Waals surface area contributed by atoms with E-state index in [1.165, 1.54) is 0 Å². The first kappa shape index (κ1) is 12.8. The highest BCUT2D eigenvalue weighted by Gasteiger charge is 2.29. The molecule has 4 nitrogen and oxygen atoms in total. The van der Waals surface area contributed by atoms with Gasteiger partial charge in [-0.1, -0.05) is 6.92 Å². The summed E-state index contributed by atoms with van der Waals surface area (Å²) in [5.41, 5.74) is 0. The number of hydrogen-bond donors (Lipinski definition) is 0. The molecule has 2 fully saturated rings. The average Bonchev–Trinajstić information content (AvgIpc) is 2.25. The number of rotatable bonds is 3. The predicted octanol–water partition coefficient (Wildman–Crippen LogP) is 0.491. The Labute approximate surface area is 105 Å². The Hall–Kier alpha value is -0.610. The van der Waals surface area contributed by atoms with Crippen molar-refractivity contribution < 1.29 is 4.79 Å². The van der Waals surface area contributed by atoms with Crippen LogP contribution in [-0.4, -0.2) is 72.5 Å². The van der Waals surface area contributed by atoms with Gasteiger partial charge in [-0.15, -0.1) is 0 Å². The third kappa shape index (κ3) is 3.19. The first-order valence-electron chi connectivity index (χ1n) is 6.80. The SMILES string of the molecule is CC1CN(C(=O)CN2CCN(C(C)C)CC2)C1. The number of carbonyl (C=O) groups excluding carboxylic acids is 1. The van der Waals surface area contributed by atoms with Crippen molar-refractivity contribution in [1.82, 2.24) is 14.7 Å². The van der Waals surface area contributed by atoms with Crippen LogP contribution >= 0.6 is 0 Å². The fourth-order valence-electron chi connectivity index (χ4n) is 2.63. The molecule has 2 saturated heterocycles. The van der Waals surface area contributed by atoms with E-state index in [2.05, 4.69) is 30.6 Å². The van der Waals surface area contributed by atoms with E-state index in [0.29, 0.717) is 24.4 Å². The monoisotopic (exact) mass is 239 g/mol. The molecule has 0 radical (unpaired) electrons. The van der Waals surface area contributed by atoms with Gasteiger partial charge in [-0.25, -0.2) is 0 Å². The fourth-order valence-corrected chi connectivity index (χ4v) is 2.63. The van der Waals surface area contributed by atoms with Gasteiger partial charge in [0.2, 0.25) is 5.91 Å². The average molecular weight is 239 g/mol.